The van der Waals surface area contributed by atoms with Crippen molar-refractivity contribution < 1.29 is 4.74 Å². The van der Waals surface area contributed by atoms with E-state index in [1.54, 1.807) is 18.4 Å². The zero-order valence-electron chi connectivity index (χ0n) is 12.6. The molecule has 1 heterocycles. The standard InChI is InChI=1S/C16H21ClN2OS/c1-4-7-18-15(9-13-10-21-11(2)19-13)14-8-12(17)5-6-16(14)20-3/h5-6,8,10,15,18H,4,7,9H2,1-3H3. The van der Waals surface area contributed by atoms with Gasteiger partial charge in [0.1, 0.15) is 5.75 Å². The normalized spacial score (nSPS) is 12.4. The third kappa shape index (κ3) is 4.43. The van der Waals surface area contributed by atoms with Gasteiger partial charge < -0.3 is 10.1 Å². The van der Waals surface area contributed by atoms with Crippen molar-refractivity contribution in [3.05, 3.63) is 44.9 Å². The third-order valence-electron chi connectivity index (χ3n) is 3.29. The van der Waals surface area contributed by atoms with Gasteiger partial charge in [0.25, 0.3) is 0 Å². The summed E-state index contributed by atoms with van der Waals surface area (Å²) in [6.07, 6.45) is 1.91. The first-order valence-corrected chi connectivity index (χ1v) is 8.37. The van der Waals surface area contributed by atoms with Crippen molar-refractivity contribution in [1.82, 2.24) is 10.3 Å². The quantitative estimate of drug-likeness (QED) is 0.819. The summed E-state index contributed by atoms with van der Waals surface area (Å²) in [5, 5.41) is 7.51. The fraction of sp³-hybridized carbons (Fsp3) is 0.438. The van der Waals surface area contributed by atoms with Crippen LogP contribution in [0, 0.1) is 6.92 Å². The average Bonchev–Trinajstić information content (AvgIpc) is 2.88. The Hall–Kier alpha value is -1.10. The Bertz CT molecular complexity index is 585. The van der Waals surface area contributed by atoms with E-state index in [2.05, 4.69) is 22.6 Å². The lowest BCUT2D eigenvalue weighted by atomic mass is 10.0. The predicted molar refractivity (Wildman–Crippen MR) is 89.6 cm³/mol. The predicted octanol–water partition coefficient (Wildman–Crippen LogP) is 4.40. The van der Waals surface area contributed by atoms with Crippen molar-refractivity contribution in [2.45, 2.75) is 32.7 Å². The van der Waals surface area contributed by atoms with Gasteiger partial charge in [-0.15, -0.1) is 11.3 Å². The zero-order valence-corrected chi connectivity index (χ0v) is 14.2. The second-order valence-electron chi connectivity index (χ2n) is 4.95. The molecule has 0 amide bonds. The summed E-state index contributed by atoms with van der Waals surface area (Å²) in [6.45, 7) is 5.14. The van der Waals surface area contributed by atoms with Crippen LogP contribution in [0.4, 0.5) is 0 Å². The molecule has 3 nitrogen and oxygen atoms in total. The van der Waals surface area contributed by atoms with E-state index in [9.17, 15) is 0 Å². The lowest BCUT2D eigenvalue weighted by Gasteiger charge is -2.21. The molecular formula is C16H21ClN2OS. The molecule has 1 unspecified atom stereocenters. The van der Waals surface area contributed by atoms with Crippen LogP contribution in [0.5, 0.6) is 5.75 Å². The minimum absolute atomic E-state index is 0.153. The van der Waals surface area contributed by atoms with Crippen molar-refractivity contribution in [3.8, 4) is 5.75 Å². The molecule has 2 aromatic rings. The molecule has 0 saturated heterocycles. The van der Waals surface area contributed by atoms with Gasteiger partial charge in [0.05, 0.1) is 17.8 Å². The number of aryl methyl sites for hydroxylation is 1. The number of ether oxygens (including phenoxy) is 1. The van der Waals surface area contributed by atoms with Gasteiger partial charge in [-0.3, -0.25) is 0 Å². The number of methoxy groups -OCH3 is 1. The van der Waals surface area contributed by atoms with Crippen LogP contribution in [0.2, 0.25) is 5.02 Å². The number of aromatic nitrogens is 1. The Labute approximate surface area is 135 Å². The molecular weight excluding hydrogens is 304 g/mol. The molecule has 1 aromatic carbocycles. The summed E-state index contributed by atoms with van der Waals surface area (Å²) in [5.74, 6) is 0.861. The van der Waals surface area contributed by atoms with E-state index in [0.29, 0.717) is 0 Å². The highest BCUT2D eigenvalue weighted by molar-refractivity contribution is 7.09. The van der Waals surface area contributed by atoms with E-state index in [1.807, 2.05) is 25.1 Å². The van der Waals surface area contributed by atoms with Crippen molar-refractivity contribution in [2.24, 2.45) is 0 Å². The molecule has 2 rings (SSSR count). The molecule has 0 fully saturated rings. The topological polar surface area (TPSA) is 34.2 Å². The van der Waals surface area contributed by atoms with Crippen LogP contribution in [0.1, 0.15) is 35.7 Å². The second kappa shape index (κ2) is 7.78. The van der Waals surface area contributed by atoms with Gasteiger partial charge in [-0.25, -0.2) is 4.98 Å². The largest absolute Gasteiger partial charge is 0.496 e. The van der Waals surface area contributed by atoms with E-state index < -0.39 is 0 Å². The zero-order chi connectivity index (χ0) is 15.2. The summed E-state index contributed by atoms with van der Waals surface area (Å²) in [5.41, 5.74) is 2.19. The molecule has 21 heavy (non-hydrogen) atoms. The molecule has 0 aliphatic rings. The highest BCUT2D eigenvalue weighted by Gasteiger charge is 2.18. The molecule has 5 heteroatoms. The molecule has 0 radical (unpaired) electrons. The van der Waals surface area contributed by atoms with Crippen LogP contribution in [-0.4, -0.2) is 18.6 Å². The molecule has 0 saturated carbocycles. The molecule has 1 atom stereocenters. The Morgan fingerprint density at radius 1 is 1.43 bits per heavy atom. The average molecular weight is 325 g/mol. The van der Waals surface area contributed by atoms with E-state index in [4.69, 9.17) is 16.3 Å². The van der Waals surface area contributed by atoms with Gasteiger partial charge in [-0.2, -0.15) is 0 Å². The third-order valence-corrected chi connectivity index (χ3v) is 4.35. The van der Waals surface area contributed by atoms with Gasteiger partial charge in [0.2, 0.25) is 0 Å². The monoisotopic (exact) mass is 324 g/mol. The number of hydrogen-bond donors (Lipinski definition) is 1. The minimum atomic E-state index is 0.153. The Kier molecular flexibility index (Phi) is 6.03. The Morgan fingerprint density at radius 2 is 2.24 bits per heavy atom. The van der Waals surface area contributed by atoms with Crippen LogP contribution >= 0.6 is 22.9 Å². The summed E-state index contributed by atoms with van der Waals surface area (Å²) in [7, 11) is 1.69. The number of halogens is 1. The van der Waals surface area contributed by atoms with Gasteiger partial charge in [-0.05, 0) is 38.1 Å². The molecule has 0 aliphatic carbocycles. The first kappa shape index (κ1) is 16.3. The van der Waals surface area contributed by atoms with E-state index >= 15 is 0 Å². The van der Waals surface area contributed by atoms with Crippen molar-refractivity contribution in [2.75, 3.05) is 13.7 Å². The molecule has 0 bridgehead atoms. The van der Waals surface area contributed by atoms with Crippen LogP contribution in [0.15, 0.2) is 23.6 Å². The SMILES string of the molecule is CCCNC(Cc1csc(C)n1)c1cc(Cl)ccc1OC. The van der Waals surface area contributed by atoms with Gasteiger partial charge in [-0.1, -0.05) is 18.5 Å². The minimum Gasteiger partial charge on any atom is -0.496 e. The number of rotatable bonds is 7. The van der Waals surface area contributed by atoms with Gasteiger partial charge >= 0.3 is 0 Å². The van der Waals surface area contributed by atoms with Crippen LogP contribution < -0.4 is 10.1 Å². The first-order chi connectivity index (χ1) is 10.1. The van der Waals surface area contributed by atoms with E-state index in [-0.39, 0.29) is 6.04 Å². The summed E-state index contributed by atoms with van der Waals surface area (Å²) in [4.78, 5) is 4.57. The lowest BCUT2D eigenvalue weighted by molar-refractivity contribution is 0.398. The second-order valence-corrected chi connectivity index (χ2v) is 6.45. The fourth-order valence-corrected chi connectivity index (χ4v) is 3.11. The maximum Gasteiger partial charge on any atom is 0.123 e. The number of benzene rings is 1. The lowest BCUT2D eigenvalue weighted by Crippen LogP contribution is -2.24. The summed E-state index contributed by atoms with van der Waals surface area (Å²) >= 11 is 7.84. The number of thiazole rings is 1. The van der Waals surface area contributed by atoms with Crippen molar-refractivity contribution in [1.29, 1.82) is 0 Å². The molecule has 1 aromatic heterocycles. The highest BCUT2D eigenvalue weighted by atomic mass is 35.5. The molecule has 0 aliphatic heterocycles. The van der Waals surface area contributed by atoms with E-state index in [1.165, 1.54) is 0 Å². The summed E-state index contributed by atoms with van der Waals surface area (Å²) in [6, 6.07) is 5.91. The Balaban J connectivity index is 2.28. The summed E-state index contributed by atoms with van der Waals surface area (Å²) < 4.78 is 5.49. The van der Waals surface area contributed by atoms with Crippen LogP contribution in [0.3, 0.4) is 0 Å². The number of nitrogens with zero attached hydrogens (tertiary/aromatic N) is 1. The number of nitrogens with one attached hydrogen (secondary N) is 1. The number of hydrogen-bond acceptors (Lipinski definition) is 4. The molecule has 0 spiro atoms. The Morgan fingerprint density at radius 3 is 2.86 bits per heavy atom. The maximum atomic E-state index is 6.16. The van der Waals surface area contributed by atoms with Crippen LogP contribution in [0.25, 0.3) is 0 Å². The fourth-order valence-electron chi connectivity index (χ4n) is 2.30. The van der Waals surface area contributed by atoms with Gasteiger partial charge in [0.15, 0.2) is 0 Å². The van der Waals surface area contributed by atoms with E-state index in [0.717, 1.165) is 46.4 Å². The molecule has 1 N–H and O–H groups in total. The maximum absolute atomic E-state index is 6.16. The van der Waals surface area contributed by atoms with Crippen molar-refractivity contribution in [3.63, 3.8) is 0 Å². The van der Waals surface area contributed by atoms with Crippen LogP contribution in [-0.2, 0) is 6.42 Å². The highest BCUT2D eigenvalue weighted by Crippen LogP contribution is 2.30. The van der Waals surface area contributed by atoms with Crippen molar-refractivity contribution >= 4 is 22.9 Å². The molecule has 114 valence electrons. The smallest absolute Gasteiger partial charge is 0.123 e. The van der Waals surface area contributed by atoms with Gasteiger partial charge in [0, 0.05) is 28.4 Å². The first-order valence-electron chi connectivity index (χ1n) is 7.11.